The van der Waals surface area contributed by atoms with Gasteiger partial charge in [0, 0.05) is 6.20 Å². The summed E-state index contributed by atoms with van der Waals surface area (Å²) in [6, 6.07) is 14.6. The zero-order valence-corrected chi connectivity index (χ0v) is 11.5. The van der Waals surface area contributed by atoms with Crippen LogP contribution in [0.2, 0.25) is 0 Å². The molecule has 19 heavy (non-hydrogen) atoms. The van der Waals surface area contributed by atoms with Crippen LogP contribution in [0.25, 0.3) is 0 Å². The highest BCUT2D eigenvalue weighted by Crippen LogP contribution is 2.19. The van der Waals surface area contributed by atoms with Crippen LogP contribution < -0.4 is 11.3 Å². The van der Waals surface area contributed by atoms with Gasteiger partial charge in [-0.1, -0.05) is 44.2 Å². The summed E-state index contributed by atoms with van der Waals surface area (Å²) in [7, 11) is 0. The maximum absolute atomic E-state index is 5.64. The third-order valence-corrected chi connectivity index (χ3v) is 3.33. The molecular formula is C16H21N3. The molecule has 0 amide bonds. The first kappa shape index (κ1) is 13.7. The highest BCUT2D eigenvalue weighted by molar-refractivity contribution is 5.26. The molecule has 0 saturated carbocycles. The number of hydrogen-bond acceptors (Lipinski definition) is 3. The summed E-state index contributed by atoms with van der Waals surface area (Å²) in [6.07, 6.45) is 2.63. The molecule has 100 valence electrons. The van der Waals surface area contributed by atoms with E-state index in [9.17, 15) is 0 Å². The molecular weight excluding hydrogens is 234 g/mol. The van der Waals surface area contributed by atoms with Gasteiger partial charge in [0.2, 0.25) is 0 Å². The van der Waals surface area contributed by atoms with Crippen molar-refractivity contribution in [2.75, 3.05) is 0 Å². The Morgan fingerprint density at radius 1 is 1.11 bits per heavy atom. The Bertz CT molecular complexity index is 491. The number of hydrogen-bond donors (Lipinski definition) is 2. The average molecular weight is 255 g/mol. The highest BCUT2D eigenvalue weighted by atomic mass is 15.2. The highest BCUT2D eigenvalue weighted by Gasteiger charge is 2.11. The molecule has 1 heterocycles. The maximum Gasteiger partial charge on any atom is 0.0672 e. The first-order valence-electron chi connectivity index (χ1n) is 6.66. The third-order valence-electron chi connectivity index (χ3n) is 3.33. The van der Waals surface area contributed by atoms with E-state index in [1.54, 1.807) is 6.20 Å². The summed E-state index contributed by atoms with van der Waals surface area (Å²) in [5.74, 6) is 6.20. The summed E-state index contributed by atoms with van der Waals surface area (Å²) >= 11 is 0. The minimum atomic E-state index is 0.0473. The summed E-state index contributed by atoms with van der Waals surface area (Å²) < 4.78 is 0. The van der Waals surface area contributed by atoms with Crippen LogP contribution in [-0.4, -0.2) is 4.98 Å². The van der Waals surface area contributed by atoms with Crippen molar-refractivity contribution < 1.29 is 0 Å². The molecule has 0 aliphatic heterocycles. The maximum atomic E-state index is 5.64. The number of hydrazine groups is 1. The topological polar surface area (TPSA) is 50.9 Å². The number of aromatic nitrogens is 1. The van der Waals surface area contributed by atoms with Crippen LogP contribution in [0.5, 0.6) is 0 Å². The Hall–Kier alpha value is -1.71. The molecule has 0 aliphatic carbocycles. The lowest BCUT2D eigenvalue weighted by atomic mass is 9.98. The van der Waals surface area contributed by atoms with Gasteiger partial charge in [-0.15, -0.1) is 0 Å². The Labute approximate surface area is 114 Å². The summed E-state index contributed by atoms with van der Waals surface area (Å²) in [4.78, 5) is 4.35. The summed E-state index contributed by atoms with van der Waals surface area (Å²) in [5.41, 5.74) is 6.43. The molecule has 0 bridgehead atoms. The Balaban J connectivity index is 2.10. The fraction of sp³-hybridized carbons (Fsp3) is 0.312. The van der Waals surface area contributed by atoms with Gasteiger partial charge in [-0.05, 0) is 35.6 Å². The molecule has 1 aromatic heterocycles. The smallest absolute Gasteiger partial charge is 0.0672 e. The number of benzene rings is 1. The zero-order valence-electron chi connectivity index (χ0n) is 11.5. The van der Waals surface area contributed by atoms with E-state index >= 15 is 0 Å². The molecule has 0 aliphatic rings. The van der Waals surface area contributed by atoms with E-state index in [0.29, 0.717) is 5.92 Å². The largest absolute Gasteiger partial charge is 0.271 e. The molecule has 2 aromatic rings. The van der Waals surface area contributed by atoms with Gasteiger partial charge < -0.3 is 0 Å². The van der Waals surface area contributed by atoms with E-state index in [-0.39, 0.29) is 6.04 Å². The van der Waals surface area contributed by atoms with E-state index in [2.05, 4.69) is 48.5 Å². The quantitative estimate of drug-likeness (QED) is 0.638. The fourth-order valence-corrected chi connectivity index (χ4v) is 2.11. The lowest BCUT2D eigenvalue weighted by Gasteiger charge is -2.15. The van der Waals surface area contributed by atoms with Crippen molar-refractivity contribution in [1.82, 2.24) is 10.4 Å². The minimum absolute atomic E-state index is 0.0473. The van der Waals surface area contributed by atoms with E-state index < -0.39 is 0 Å². The molecule has 3 N–H and O–H groups in total. The first-order chi connectivity index (χ1) is 9.20. The molecule has 1 unspecified atom stereocenters. The Morgan fingerprint density at radius 2 is 1.84 bits per heavy atom. The van der Waals surface area contributed by atoms with Crippen LogP contribution >= 0.6 is 0 Å². The first-order valence-corrected chi connectivity index (χ1v) is 6.66. The van der Waals surface area contributed by atoms with Gasteiger partial charge in [0.15, 0.2) is 0 Å². The second-order valence-electron chi connectivity index (χ2n) is 5.07. The monoisotopic (exact) mass is 255 g/mol. The molecule has 0 spiro atoms. The van der Waals surface area contributed by atoms with Gasteiger partial charge in [-0.3, -0.25) is 16.3 Å². The van der Waals surface area contributed by atoms with Crippen molar-refractivity contribution >= 4 is 0 Å². The summed E-state index contributed by atoms with van der Waals surface area (Å²) in [6.45, 7) is 4.40. The van der Waals surface area contributed by atoms with Gasteiger partial charge in [0.25, 0.3) is 0 Å². The number of nitrogens with zero attached hydrogens (tertiary/aromatic N) is 1. The second-order valence-corrected chi connectivity index (χ2v) is 5.07. The molecule has 1 atom stereocenters. The number of pyridine rings is 1. The van der Waals surface area contributed by atoms with Crippen molar-refractivity contribution in [3.8, 4) is 0 Å². The van der Waals surface area contributed by atoms with E-state index in [1.807, 2.05) is 18.2 Å². The molecule has 1 aromatic carbocycles. The van der Waals surface area contributed by atoms with Gasteiger partial charge in [-0.25, -0.2) is 0 Å². The van der Waals surface area contributed by atoms with E-state index in [0.717, 1.165) is 12.1 Å². The second kappa shape index (κ2) is 6.45. The van der Waals surface area contributed by atoms with Crippen molar-refractivity contribution in [3.63, 3.8) is 0 Å². The average Bonchev–Trinajstić information content (AvgIpc) is 2.46. The van der Waals surface area contributed by atoms with E-state index in [4.69, 9.17) is 5.84 Å². The molecule has 0 saturated heterocycles. The predicted molar refractivity (Wildman–Crippen MR) is 78.5 cm³/mol. The normalized spacial score (nSPS) is 12.6. The summed E-state index contributed by atoms with van der Waals surface area (Å²) in [5, 5.41) is 0. The predicted octanol–water partition coefficient (Wildman–Crippen LogP) is 2.95. The molecule has 3 heteroatoms. The van der Waals surface area contributed by atoms with Gasteiger partial charge in [-0.2, -0.15) is 0 Å². The molecule has 0 radical (unpaired) electrons. The number of nitrogens with one attached hydrogen (secondary N) is 1. The molecule has 2 rings (SSSR count). The van der Waals surface area contributed by atoms with E-state index in [1.165, 1.54) is 11.1 Å². The minimum Gasteiger partial charge on any atom is -0.271 e. The van der Waals surface area contributed by atoms with Crippen molar-refractivity contribution in [1.29, 1.82) is 0 Å². The van der Waals surface area contributed by atoms with Gasteiger partial charge >= 0.3 is 0 Å². The Morgan fingerprint density at radius 3 is 2.37 bits per heavy atom. The SMILES string of the molecule is CC(C)c1ccc(CC(NN)c2ccccn2)cc1. The van der Waals surface area contributed by atoms with Crippen LogP contribution in [0.4, 0.5) is 0 Å². The third kappa shape index (κ3) is 3.63. The molecule has 0 fully saturated rings. The Kier molecular flexibility index (Phi) is 4.66. The van der Waals surface area contributed by atoms with Crippen molar-refractivity contribution in [2.45, 2.75) is 32.2 Å². The lowest BCUT2D eigenvalue weighted by Crippen LogP contribution is -2.30. The standard InChI is InChI=1S/C16H21N3/c1-12(2)14-8-6-13(7-9-14)11-16(19-17)15-5-3-4-10-18-15/h3-10,12,16,19H,11,17H2,1-2H3. The van der Waals surface area contributed by atoms with Crippen LogP contribution in [0.15, 0.2) is 48.7 Å². The van der Waals surface area contributed by atoms with Crippen LogP contribution in [-0.2, 0) is 6.42 Å². The zero-order chi connectivity index (χ0) is 13.7. The number of nitrogens with two attached hydrogens (primary N) is 1. The van der Waals surface area contributed by atoms with Crippen LogP contribution in [0, 0.1) is 0 Å². The van der Waals surface area contributed by atoms with Crippen LogP contribution in [0.3, 0.4) is 0 Å². The van der Waals surface area contributed by atoms with Crippen LogP contribution in [0.1, 0.15) is 42.6 Å². The van der Waals surface area contributed by atoms with Gasteiger partial charge in [0.05, 0.1) is 11.7 Å². The van der Waals surface area contributed by atoms with Gasteiger partial charge in [0.1, 0.15) is 0 Å². The lowest BCUT2D eigenvalue weighted by molar-refractivity contribution is 0.538. The van der Waals surface area contributed by atoms with Crippen molar-refractivity contribution in [3.05, 3.63) is 65.5 Å². The van der Waals surface area contributed by atoms with Crippen molar-refractivity contribution in [2.24, 2.45) is 5.84 Å². The fourth-order valence-electron chi connectivity index (χ4n) is 2.11. The molecule has 3 nitrogen and oxygen atoms in total. The number of rotatable bonds is 5.